The summed E-state index contributed by atoms with van der Waals surface area (Å²) in [6.45, 7) is 2.76. The van der Waals surface area contributed by atoms with Crippen LogP contribution in [0, 0.1) is 5.41 Å². The number of anilines is 1. The number of nitrogens with zero attached hydrogens (tertiary/aromatic N) is 2. The normalized spacial score (nSPS) is 39.8. The van der Waals surface area contributed by atoms with Gasteiger partial charge in [0.15, 0.2) is 5.66 Å². The van der Waals surface area contributed by atoms with Crippen molar-refractivity contribution in [2.24, 2.45) is 5.41 Å². The molecule has 1 spiro atoms. The number of rotatable bonds is 1. The van der Waals surface area contributed by atoms with Gasteiger partial charge in [0.05, 0.1) is 12.1 Å². The average molecular weight is 326 g/mol. The van der Waals surface area contributed by atoms with Crippen molar-refractivity contribution >= 4 is 17.5 Å². The quantitative estimate of drug-likeness (QED) is 0.860. The summed E-state index contributed by atoms with van der Waals surface area (Å²) in [4.78, 5) is 29.5. The fourth-order valence-corrected chi connectivity index (χ4v) is 6.29. The minimum atomic E-state index is -1.30. The van der Waals surface area contributed by atoms with Gasteiger partial charge in [-0.3, -0.25) is 14.5 Å². The van der Waals surface area contributed by atoms with Crippen LogP contribution in [0.1, 0.15) is 51.0 Å². The maximum atomic E-state index is 13.0. The second kappa shape index (κ2) is 4.20. The molecule has 1 aromatic rings. The van der Waals surface area contributed by atoms with Gasteiger partial charge in [-0.1, -0.05) is 25.1 Å². The van der Waals surface area contributed by atoms with Gasteiger partial charge in [-0.2, -0.15) is 0 Å². The molecule has 3 atom stereocenters. The summed E-state index contributed by atoms with van der Waals surface area (Å²) < 4.78 is 0. The summed E-state index contributed by atoms with van der Waals surface area (Å²) in [6, 6.07) is 7.60. The Balaban J connectivity index is 1.90. The van der Waals surface area contributed by atoms with Crippen molar-refractivity contribution in [3.8, 4) is 0 Å². The van der Waals surface area contributed by atoms with E-state index in [2.05, 4.69) is 6.92 Å². The lowest BCUT2D eigenvalue weighted by Gasteiger charge is -2.63. The molecular weight excluding hydrogens is 304 g/mol. The standard InChI is InChI=1S/C19H22N2O3/c1-2-17-9-5-11-20-16(23)12-18(24)13-6-3-4-7-14(13)21(19(17,18)20)15(22)8-10-17/h3-4,6-7,24H,2,5,8-12H2,1H3/t17-,18-,19-/m1/s1. The first kappa shape index (κ1) is 14.5. The molecule has 24 heavy (non-hydrogen) atoms. The molecule has 1 aromatic carbocycles. The minimum absolute atomic E-state index is 0.0239. The van der Waals surface area contributed by atoms with Crippen LogP contribution in [0.15, 0.2) is 24.3 Å². The predicted molar refractivity (Wildman–Crippen MR) is 88.1 cm³/mol. The molecule has 3 fully saturated rings. The first-order valence-electron chi connectivity index (χ1n) is 8.97. The van der Waals surface area contributed by atoms with E-state index < -0.39 is 11.3 Å². The maximum absolute atomic E-state index is 13.0. The molecule has 0 unspecified atom stereocenters. The highest BCUT2D eigenvalue weighted by Crippen LogP contribution is 2.69. The lowest BCUT2D eigenvalue weighted by atomic mass is 9.57. The molecule has 3 saturated heterocycles. The Bertz CT molecular complexity index is 778. The summed E-state index contributed by atoms with van der Waals surface area (Å²) in [6.07, 6.45) is 4.07. The number of para-hydroxylation sites is 1. The number of amides is 2. The van der Waals surface area contributed by atoms with Crippen molar-refractivity contribution in [1.29, 1.82) is 0 Å². The van der Waals surface area contributed by atoms with Gasteiger partial charge in [-0.05, 0) is 31.7 Å². The number of aliphatic hydroxyl groups is 1. The van der Waals surface area contributed by atoms with E-state index in [0.29, 0.717) is 13.0 Å². The fraction of sp³-hybridized carbons (Fsp3) is 0.579. The third-order valence-electron chi connectivity index (χ3n) is 7.11. The summed E-state index contributed by atoms with van der Waals surface area (Å²) in [7, 11) is 0. The Morgan fingerprint density at radius 2 is 1.96 bits per heavy atom. The van der Waals surface area contributed by atoms with E-state index >= 15 is 0 Å². The third kappa shape index (κ3) is 1.21. The van der Waals surface area contributed by atoms with Crippen LogP contribution < -0.4 is 4.90 Å². The summed E-state index contributed by atoms with van der Waals surface area (Å²) >= 11 is 0. The molecule has 0 saturated carbocycles. The molecule has 5 nitrogen and oxygen atoms in total. The Morgan fingerprint density at radius 1 is 1.17 bits per heavy atom. The van der Waals surface area contributed by atoms with E-state index in [4.69, 9.17) is 0 Å². The molecule has 0 radical (unpaired) electrons. The molecule has 0 bridgehead atoms. The van der Waals surface area contributed by atoms with E-state index in [9.17, 15) is 14.7 Å². The van der Waals surface area contributed by atoms with E-state index in [-0.39, 0.29) is 23.7 Å². The molecule has 1 N–H and O–H groups in total. The predicted octanol–water partition coefficient (Wildman–Crippen LogP) is 2.13. The molecule has 0 aromatic heterocycles. The van der Waals surface area contributed by atoms with Crippen molar-refractivity contribution in [2.75, 3.05) is 11.4 Å². The minimum Gasteiger partial charge on any atom is -0.380 e. The number of piperidine rings is 2. The Labute approximate surface area is 141 Å². The van der Waals surface area contributed by atoms with Crippen LogP contribution in [-0.4, -0.2) is 34.0 Å². The van der Waals surface area contributed by atoms with Crippen LogP contribution in [-0.2, 0) is 15.2 Å². The zero-order valence-electron chi connectivity index (χ0n) is 13.9. The largest absolute Gasteiger partial charge is 0.380 e. The average Bonchev–Trinajstić information content (AvgIpc) is 2.96. The van der Waals surface area contributed by atoms with Gasteiger partial charge in [0.2, 0.25) is 11.8 Å². The molecule has 4 aliphatic heterocycles. The van der Waals surface area contributed by atoms with Gasteiger partial charge in [0, 0.05) is 23.9 Å². The van der Waals surface area contributed by atoms with Crippen LogP contribution in [0.5, 0.6) is 0 Å². The zero-order chi connectivity index (χ0) is 16.7. The molecule has 0 aliphatic carbocycles. The Kier molecular flexibility index (Phi) is 2.53. The molecule has 126 valence electrons. The zero-order valence-corrected chi connectivity index (χ0v) is 13.9. The first-order valence-corrected chi connectivity index (χ1v) is 8.97. The van der Waals surface area contributed by atoms with Gasteiger partial charge in [-0.25, -0.2) is 0 Å². The fourth-order valence-electron chi connectivity index (χ4n) is 6.29. The van der Waals surface area contributed by atoms with Gasteiger partial charge >= 0.3 is 0 Å². The van der Waals surface area contributed by atoms with Gasteiger partial charge in [0.25, 0.3) is 0 Å². The van der Waals surface area contributed by atoms with Gasteiger partial charge in [0.1, 0.15) is 5.60 Å². The molecular formula is C19H22N2O3. The van der Waals surface area contributed by atoms with Crippen LogP contribution in [0.4, 0.5) is 5.69 Å². The SMILES string of the molecule is CC[C@@]12CCCN3C(=O)C[C@@]4(O)c5ccccc5N(C(=O)CC1)[C@]324. The molecule has 5 heteroatoms. The van der Waals surface area contributed by atoms with E-state index in [1.807, 2.05) is 29.2 Å². The van der Waals surface area contributed by atoms with Crippen LogP contribution in [0.25, 0.3) is 0 Å². The number of hydrogen-bond acceptors (Lipinski definition) is 3. The topological polar surface area (TPSA) is 60.9 Å². The number of carbonyl (C=O) groups excluding carboxylic acids is 2. The lowest BCUT2D eigenvalue weighted by Crippen LogP contribution is -2.77. The van der Waals surface area contributed by atoms with E-state index in [1.54, 1.807) is 4.90 Å². The highest BCUT2D eigenvalue weighted by molar-refractivity contribution is 6.03. The van der Waals surface area contributed by atoms with Gasteiger partial charge in [-0.15, -0.1) is 0 Å². The van der Waals surface area contributed by atoms with Crippen molar-refractivity contribution in [3.05, 3.63) is 29.8 Å². The van der Waals surface area contributed by atoms with Crippen molar-refractivity contribution < 1.29 is 14.7 Å². The Hall–Kier alpha value is -1.88. The second-order valence-electron chi connectivity index (χ2n) is 7.74. The molecule has 5 rings (SSSR count). The molecule has 4 aliphatic rings. The smallest absolute Gasteiger partial charge is 0.229 e. The maximum Gasteiger partial charge on any atom is 0.229 e. The van der Waals surface area contributed by atoms with Crippen LogP contribution in [0.2, 0.25) is 0 Å². The van der Waals surface area contributed by atoms with Crippen molar-refractivity contribution in [1.82, 2.24) is 4.90 Å². The van der Waals surface area contributed by atoms with Crippen LogP contribution in [0.3, 0.4) is 0 Å². The Morgan fingerprint density at radius 3 is 2.75 bits per heavy atom. The van der Waals surface area contributed by atoms with Crippen molar-refractivity contribution in [2.45, 2.75) is 56.7 Å². The summed E-state index contributed by atoms with van der Waals surface area (Å²) in [5.74, 6) is 0.00766. The number of carbonyl (C=O) groups is 2. The third-order valence-corrected chi connectivity index (χ3v) is 7.11. The number of fused-ring (bicyclic) bond motifs is 3. The summed E-state index contributed by atoms with van der Waals surface area (Å²) in [5, 5.41) is 11.9. The monoisotopic (exact) mass is 326 g/mol. The summed E-state index contributed by atoms with van der Waals surface area (Å²) in [5.41, 5.74) is -0.923. The van der Waals surface area contributed by atoms with Crippen molar-refractivity contribution in [3.63, 3.8) is 0 Å². The van der Waals surface area contributed by atoms with Crippen LogP contribution >= 0.6 is 0 Å². The number of hydrogen-bond donors (Lipinski definition) is 1. The molecule has 4 heterocycles. The first-order chi connectivity index (χ1) is 11.5. The van der Waals surface area contributed by atoms with E-state index in [0.717, 1.165) is 36.9 Å². The number of benzene rings is 1. The molecule has 2 amide bonds. The second-order valence-corrected chi connectivity index (χ2v) is 7.74. The van der Waals surface area contributed by atoms with E-state index in [1.165, 1.54) is 0 Å². The highest BCUT2D eigenvalue weighted by Gasteiger charge is 2.80. The van der Waals surface area contributed by atoms with Gasteiger partial charge < -0.3 is 10.0 Å². The highest BCUT2D eigenvalue weighted by atomic mass is 16.3. The lowest BCUT2D eigenvalue weighted by molar-refractivity contribution is -0.179.